The van der Waals surface area contributed by atoms with Crippen molar-refractivity contribution in [2.45, 2.75) is 25.8 Å². The zero-order valence-electron chi connectivity index (χ0n) is 10.6. The van der Waals surface area contributed by atoms with Gasteiger partial charge in [-0.1, -0.05) is 22.0 Å². The number of carbonyl (C=O) groups is 1. The predicted molar refractivity (Wildman–Crippen MR) is 75.7 cm³/mol. The van der Waals surface area contributed by atoms with E-state index >= 15 is 0 Å². The zero-order chi connectivity index (χ0) is 14.0. The van der Waals surface area contributed by atoms with Crippen molar-refractivity contribution in [2.24, 2.45) is 0 Å². The largest absolute Gasteiger partial charge is 0.335 e. The van der Waals surface area contributed by atoms with Crippen LogP contribution in [-0.4, -0.2) is 33.6 Å². The number of nitro benzene ring substituents is 1. The first-order valence-electron chi connectivity index (χ1n) is 6.16. The number of alkyl halides is 1. The minimum Gasteiger partial charge on any atom is -0.335 e. The average molecular weight is 327 g/mol. The number of hydrogen-bond acceptors (Lipinski definition) is 3. The van der Waals surface area contributed by atoms with Gasteiger partial charge in [-0.05, 0) is 25.3 Å². The molecule has 19 heavy (non-hydrogen) atoms. The number of carbonyl (C=O) groups excluding carboxylic acids is 1. The lowest BCUT2D eigenvalue weighted by molar-refractivity contribution is -0.384. The molecule has 1 amide bonds. The Morgan fingerprint density at radius 2 is 2.32 bits per heavy atom. The van der Waals surface area contributed by atoms with Gasteiger partial charge in [0.05, 0.1) is 4.92 Å². The molecular weight excluding hydrogens is 312 g/mol. The molecule has 1 fully saturated rings. The third-order valence-corrected chi connectivity index (χ3v) is 4.23. The van der Waals surface area contributed by atoms with Crippen LogP contribution >= 0.6 is 15.9 Å². The van der Waals surface area contributed by atoms with E-state index in [-0.39, 0.29) is 17.6 Å². The first-order valence-corrected chi connectivity index (χ1v) is 7.28. The van der Waals surface area contributed by atoms with Crippen LogP contribution in [0.25, 0.3) is 0 Å². The summed E-state index contributed by atoms with van der Waals surface area (Å²) in [5, 5.41) is 11.5. The van der Waals surface area contributed by atoms with E-state index in [4.69, 9.17) is 0 Å². The molecule has 5 nitrogen and oxygen atoms in total. The molecule has 0 radical (unpaired) electrons. The summed E-state index contributed by atoms with van der Waals surface area (Å²) >= 11 is 3.41. The molecule has 1 unspecified atom stereocenters. The van der Waals surface area contributed by atoms with Crippen molar-refractivity contribution in [2.75, 3.05) is 11.9 Å². The molecule has 0 saturated carbocycles. The second-order valence-corrected chi connectivity index (χ2v) is 5.35. The lowest BCUT2D eigenvalue weighted by Gasteiger charge is -2.23. The van der Waals surface area contributed by atoms with Crippen molar-refractivity contribution in [1.29, 1.82) is 0 Å². The summed E-state index contributed by atoms with van der Waals surface area (Å²) in [6.45, 7) is 2.52. The van der Waals surface area contributed by atoms with Gasteiger partial charge in [-0.2, -0.15) is 0 Å². The first-order chi connectivity index (χ1) is 9.04. The maximum atomic E-state index is 12.5. The van der Waals surface area contributed by atoms with Gasteiger partial charge in [0.2, 0.25) is 0 Å². The Kier molecular flexibility index (Phi) is 4.19. The van der Waals surface area contributed by atoms with E-state index in [0.29, 0.717) is 5.56 Å². The third-order valence-electron chi connectivity index (χ3n) is 3.48. The minimum atomic E-state index is -0.470. The topological polar surface area (TPSA) is 63.5 Å². The summed E-state index contributed by atoms with van der Waals surface area (Å²) in [7, 11) is 0. The molecule has 1 aliphatic heterocycles. The van der Waals surface area contributed by atoms with Crippen molar-refractivity contribution in [3.63, 3.8) is 0 Å². The highest BCUT2D eigenvalue weighted by Gasteiger charge is 2.29. The van der Waals surface area contributed by atoms with Gasteiger partial charge in [0.25, 0.3) is 11.6 Å². The highest BCUT2D eigenvalue weighted by Crippen LogP contribution is 2.24. The van der Waals surface area contributed by atoms with Crippen molar-refractivity contribution in [3.05, 3.63) is 39.4 Å². The van der Waals surface area contributed by atoms with Crippen LogP contribution in [0.5, 0.6) is 0 Å². The number of nitro groups is 1. The molecule has 1 saturated heterocycles. The molecule has 1 aromatic rings. The van der Waals surface area contributed by atoms with Gasteiger partial charge < -0.3 is 4.90 Å². The Balaban J connectivity index is 2.32. The number of benzene rings is 1. The van der Waals surface area contributed by atoms with E-state index in [9.17, 15) is 14.9 Å². The molecule has 0 aliphatic carbocycles. The normalized spacial score (nSPS) is 18.6. The Labute approximate surface area is 119 Å². The quantitative estimate of drug-likeness (QED) is 0.487. The van der Waals surface area contributed by atoms with E-state index in [1.54, 1.807) is 17.9 Å². The highest BCUT2D eigenvalue weighted by atomic mass is 79.9. The van der Waals surface area contributed by atoms with Gasteiger partial charge in [-0.3, -0.25) is 14.9 Å². The van der Waals surface area contributed by atoms with Crippen LogP contribution in [0, 0.1) is 17.0 Å². The molecular formula is C13H15BrN2O3. The standard InChI is InChI=1S/C13H15BrN2O3/c1-9-4-5-10(16(18)19)7-12(9)13(17)15-6-2-3-11(15)8-14/h4-5,7,11H,2-3,6,8H2,1H3. The van der Waals surface area contributed by atoms with Crippen LogP contribution in [0.3, 0.4) is 0 Å². The number of rotatable bonds is 3. The molecule has 1 aromatic carbocycles. The number of hydrogen-bond donors (Lipinski definition) is 0. The van der Waals surface area contributed by atoms with E-state index in [2.05, 4.69) is 15.9 Å². The van der Waals surface area contributed by atoms with Gasteiger partial charge in [-0.15, -0.1) is 0 Å². The van der Waals surface area contributed by atoms with E-state index in [1.165, 1.54) is 12.1 Å². The number of likely N-dealkylation sites (tertiary alicyclic amines) is 1. The van der Waals surface area contributed by atoms with Crippen LogP contribution in [0.1, 0.15) is 28.8 Å². The number of amides is 1. The van der Waals surface area contributed by atoms with E-state index in [0.717, 1.165) is 30.3 Å². The first kappa shape index (κ1) is 14.0. The maximum Gasteiger partial charge on any atom is 0.270 e. The number of non-ortho nitro benzene ring substituents is 1. The molecule has 6 heteroatoms. The van der Waals surface area contributed by atoms with E-state index in [1.807, 2.05) is 0 Å². The Hall–Kier alpha value is -1.43. The second kappa shape index (κ2) is 5.69. The van der Waals surface area contributed by atoms with Crippen molar-refractivity contribution in [3.8, 4) is 0 Å². The van der Waals surface area contributed by atoms with Gasteiger partial charge in [0.1, 0.15) is 0 Å². The van der Waals surface area contributed by atoms with Crippen LogP contribution < -0.4 is 0 Å². The van der Waals surface area contributed by atoms with E-state index < -0.39 is 4.92 Å². The summed E-state index contributed by atoms with van der Waals surface area (Å²) in [5.74, 6) is -0.108. The fourth-order valence-corrected chi connectivity index (χ4v) is 3.05. The van der Waals surface area contributed by atoms with Gasteiger partial charge >= 0.3 is 0 Å². The minimum absolute atomic E-state index is 0.0384. The lowest BCUT2D eigenvalue weighted by atomic mass is 10.1. The molecule has 0 bridgehead atoms. The van der Waals surface area contributed by atoms with Gasteiger partial charge in [-0.25, -0.2) is 0 Å². The molecule has 1 atom stereocenters. The Morgan fingerprint density at radius 1 is 1.58 bits per heavy atom. The summed E-state index contributed by atoms with van der Waals surface area (Å²) in [6.07, 6.45) is 1.96. The predicted octanol–water partition coefficient (Wildman–Crippen LogP) is 2.90. The van der Waals surface area contributed by atoms with Crippen LogP contribution in [0.4, 0.5) is 5.69 Å². The van der Waals surface area contributed by atoms with Crippen molar-refractivity contribution in [1.82, 2.24) is 4.90 Å². The van der Waals surface area contributed by atoms with Crippen LogP contribution in [0.2, 0.25) is 0 Å². The third kappa shape index (κ3) is 2.78. The van der Waals surface area contributed by atoms with Gasteiger partial charge in [0, 0.05) is 35.6 Å². The van der Waals surface area contributed by atoms with Crippen LogP contribution in [0.15, 0.2) is 18.2 Å². The summed E-state index contributed by atoms with van der Waals surface area (Å²) in [5.41, 5.74) is 1.17. The highest BCUT2D eigenvalue weighted by molar-refractivity contribution is 9.09. The van der Waals surface area contributed by atoms with Gasteiger partial charge in [0.15, 0.2) is 0 Å². The monoisotopic (exact) mass is 326 g/mol. The number of aryl methyl sites for hydroxylation is 1. The average Bonchev–Trinajstić information content (AvgIpc) is 2.86. The Morgan fingerprint density at radius 3 is 2.95 bits per heavy atom. The fraction of sp³-hybridized carbons (Fsp3) is 0.462. The summed E-state index contributed by atoms with van der Waals surface area (Å²) in [6, 6.07) is 4.62. The zero-order valence-corrected chi connectivity index (χ0v) is 12.2. The maximum absolute atomic E-state index is 12.5. The molecule has 102 valence electrons. The molecule has 0 aromatic heterocycles. The van der Waals surface area contributed by atoms with Crippen molar-refractivity contribution >= 4 is 27.5 Å². The van der Waals surface area contributed by atoms with Crippen molar-refractivity contribution < 1.29 is 9.72 Å². The molecule has 0 N–H and O–H groups in total. The second-order valence-electron chi connectivity index (χ2n) is 4.71. The summed E-state index contributed by atoms with van der Waals surface area (Å²) < 4.78 is 0. The SMILES string of the molecule is Cc1ccc([N+](=O)[O-])cc1C(=O)N1CCCC1CBr. The Bertz CT molecular complexity index is 519. The number of halogens is 1. The smallest absolute Gasteiger partial charge is 0.270 e. The summed E-state index contributed by atoms with van der Waals surface area (Å²) in [4.78, 5) is 24.6. The lowest BCUT2D eigenvalue weighted by Crippen LogP contribution is -2.36. The van der Waals surface area contributed by atoms with Crippen LogP contribution in [-0.2, 0) is 0 Å². The molecule has 2 rings (SSSR count). The molecule has 1 aliphatic rings. The molecule has 1 heterocycles. The molecule has 0 spiro atoms. The fourth-order valence-electron chi connectivity index (χ4n) is 2.37. The number of nitrogens with zero attached hydrogens (tertiary/aromatic N) is 2.